The van der Waals surface area contributed by atoms with Crippen LogP contribution in [0.3, 0.4) is 0 Å². The molecule has 0 atom stereocenters. The zero-order valence-electron chi connectivity index (χ0n) is 14.1. The Morgan fingerprint density at radius 1 is 1.00 bits per heavy atom. The van der Waals surface area contributed by atoms with Crippen LogP contribution >= 0.6 is 0 Å². The Morgan fingerprint density at radius 2 is 1.68 bits per heavy atom. The Kier molecular flexibility index (Phi) is 7.50. The van der Waals surface area contributed by atoms with E-state index in [4.69, 9.17) is 5.73 Å². The van der Waals surface area contributed by atoms with Gasteiger partial charge in [-0.2, -0.15) is 0 Å². The molecule has 0 aliphatic rings. The van der Waals surface area contributed by atoms with Gasteiger partial charge in [-0.1, -0.05) is 30.3 Å². The summed E-state index contributed by atoms with van der Waals surface area (Å²) >= 11 is 0. The number of nitrogens with zero attached hydrogens (tertiary/aromatic N) is 1. The second-order valence-corrected chi connectivity index (χ2v) is 5.82. The fourth-order valence-electron chi connectivity index (χ4n) is 2.56. The largest absolute Gasteiger partial charge is 0.329 e. The maximum absolute atomic E-state index is 13.1. The molecule has 2 aromatic carbocycles. The summed E-state index contributed by atoms with van der Waals surface area (Å²) in [6, 6.07) is 13.0. The molecule has 0 aliphatic carbocycles. The molecule has 0 aromatic heterocycles. The molecule has 0 saturated heterocycles. The molecule has 0 radical (unpaired) electrons. The van der Waals surface area contributed by atoms with Crippen molar-refractivity contribution in [1.29, 1.82) is 0 Å². The highest BCUT2D eigenvalue weighted by molar-refractivity contribution is 5.90. The van der Waals surface area contributed by atoms with Crippen LogP contribution in [-0.4, -0.2) is 37.0 Å². The molecule has 0 bridgehead atoms. The topological polar surface area (TPSA) is 58.4 Å². The second-order valence-electron chi connectivity index (χ2n) is 5.82. The van der Waals surface area contributed by atoms with Crippen molar-refractivity contribution < 1.29 is 13.6 Å². The number of benzene rings is 2. The third-order valence-corrected chi connectivity index (χ3v) is 3.81. The Labute approximate surface area is 146 Å². The number of carbonyl (C=O) groups excluding carboxylic acids is 1. The molecule has 0 aliphatic heterocycles. The molecule has 134 valence electrons. The van der Waals surface area contributed by atoms with Crippen LogP contribution in [0.25, 0.3) is 0 Å². The van der Waals surface area contributed by atoms with Crippen LogP contribution in [0.2, 0.25) is 0 Å². The highest BCUT2D eigenvalue weighted by Crippen LogP contribution is 2.13. The van der Waals surface area contributed by atoms with Gasteiger partial charge in [0.25, 0.3) is 0 Å². The lowest BCUT2D eigenvalue weighted by Gasteiger charge is -2.21. The lowest BCUT2D eigenvalue weighted by atomic mass is 10.1. The number of nitrogens with two attached hydrogens (primary N) is 1. The first kappa shape index (κ1) is 19.0. The lowest BCUT2D eigenvalue weighted by Crippen LogP contribution is -2.34. The predicted molar refractivity (Wildman–Crippen MR) is 95.2 cm³/mol. The van der Waals surface area contributed by atoms with Crippen LogP contribution < -0.4 is 11.1 Å². The van der Waals surface area contributed by atoms with Gasteiger partial charge >= 0.3 is 0 Å². The highest BCUT2D eigenvalue weighted by atomic mass is 19.1. The van der Waals surface area contributed by atoms with Crippen LogP contribution in [0.4, 0.5) is 14.5 Å². The van der Waals surface area contributed by atoms with Crippen molar-refractivity contribution in [2.45, 2.75) is 12.8 Å². The van der Waals surface area contributed by atoms with Gasteiger partial charge in [0.2, 0.25) is 5.91 Å². The van der Waals surface area contributed by atoms with E-state index in [1.54, 1.807) is 0 Å². The van der Waals surface area contributed by atoms with Crippen LogP contribution in [0.15, 0.2) is 48.5 Å². The number of rotatable bonds is 9. The van der Waals surface area contributed by atoms with E-state index in [1.165, 1.54) is 5.56 Å². The van der Waals surface area contributed by atoms with Crippen molar-refractivity contribution >= 4 is 11.6 Å². The predicted octanol–water partition coefficient (Wildman–Crippen LogP) is 2.80. The van der Waals surface area contributed by atoms with Crippen molar-refractivity contribution in [2.75, 3.05) is 31.5 Å². The van der Waals surface area contributed by atoms with Gasteiger partial charge in [-0.15, -0.1) is 0 Å². The van der Waals surface area contributed by atoms with E-state index in [1.807, 2.05) is 18.2 Å². The summed E-state index contributed by atoms with van der Waals surface area (Å²) in [7, 11) is 0. The van der Waals surface area contributed by atoms with Gasteiger partial charge in [0.15, 0.2) is 0 Å². The Morgan fingerprint density at radius 3 is 2.32 bits per heavy atom. The first-order valence-electron chi connectivity index (χ1n) is 8.29. The molecule has 2 rings (SSSR count). The summed E-state index contributed by atoms with van der Waals surface area (Å²) < 4.78 is 26.3. The summed E-state index contributed by atoms with van der Waals surface area (Å²) in [4.78, 5) is 14.1. The number of hydrogen-bond acceptors (Lipinski definition) is 3. The van der Waals surface area contributed by atoms with E-state index >= 15 is 0 Å². The maximum Gasteiger partial charge on any atom is 0.225 e. The SMILES string of the molecule is NCCN(CCC(=O)Nc1cc(F)cc(F)c1)CCc1ccccc1. The molecular weight excluding hydrogens is 324 g/mol. The first-order chi connectivity index (χ1) is 12.1. The van der Waals surface area contributed by atoms with E-state index < -0.39 is 11.6 Å². The number of anilines is 1. The van der Waals surface area contributed by atoms with Crippen molar-refractivity contribution in [2.24, 2.45) is 5.73 Å². The first-order valence-corrected chi connectivity index (χ1v) is 8.29. The summed E-state index contributed by atoms with van der Waals surface area (Å²) in [5.74, 6) is -1.72. The van der Waals surface area contributed by atoms with Gasteiger partial charge in [-0.25, -0.2) is 8.78 Å². The number of halogens is 2. The van der Waals surface area contributed by atoms with Crippen LogP contribution in [-0.2, 0) is 11.2 Å². The zero-order valence-corrected chi connectivity index (χ0v) is 14.1. The Bertz CT molecular complexity index is 659. The summed E-state index contributed by atoms with van der Waals surface area (Å²) in [5, 5.41) is 2.52. The minimum Gasteiger partial charge on any atom is -0.329 e. The van der Waals surface area contributed by atoms with Crippen molar-refractivity contribution in [3.63, 3.8) is 0 Å². The second kappa shape index (κ2) is 9.86. The summed E-state index contributed by atoms with van der Waals surface area (Å²) in [6.07, 6.45) is 1.10. The fraction of sp³-hybridized carbons (Fsp3) is 0.316. The van der Waals surface area contributed by atoms with Gasteiger partial charge in [0, 0.05) is 44.4 Å². The summed E-state index contributed by atoms with van der Waals surface area (Å²) in [5.41, 5.74) is 6.98. The Hall–Kier alpha value is -2.31. The van der Waals surface area contributed by atoms with E-state index in [2.05, 4.69) is 22.3 Å². The van der Waals surface area contributed by atoms with E-state index in [0.717, 1.165) is 31.2 Å². The van der Waals surface area contributed by atoms with E-state index in [0.29, 0.717) is 19.6 Å². The molecule has 0 fully saturated rings. The maximum atomic E-state index is 13.1. The van der Waals surface area contributed by atoms with Crippen LogP contribution in [0.5, 0.6) is 0 Å². The van der Waals surface area contributed by atoms with Gasteiger partial charge in [0.1, 0.15) is 11.6 Å². The fourth-order valence-corrected chi connectivity index (χ4v) is 2.56. The van der Waals surface area contributed by atoms with Crippen LogP contribution in [0, 0.1) is 11.6 Å². The number of nitrogens with one attached hydrogen (secondary N) is 1. The van der Waals surface area contributed by atoms with E-state index in [-0.39, 0.29) is 18.0 Å². The molecular formula is C19H23F2N3O. The normalized spacial score (nSPS) is 10.9. The van der Waals surface area contributed by atoms with Crippen molar-refractivity contribution in [1.82, 2.24) is 4.90 Å². The molecule has 0 saturated carbocycles. The van der Waals surface area contributed by atoms with Crippen LogP contribution in [0.1, 0.15) is 12.0 Å². The molecule has 4 nitrogen and oxygen atoms in total. The smallest absolute Gasteiger partial charge is 0.225 e. The molecule has 6 heteroatoms. The Balaban J connectivity index is 1.81. The molecule has 0 heterocycles. The third kappa shape index (κ3) is 6.99. The highest BCUT2D eigenvalue weighted by Gasteiger charge is 2.09. The lowest BCUT2D eigenvalue weighted by molar-refractivity contribution is -0.116. The van der Waals surface area contributed by atoms with Gasteiger partial charge < -0.3 is 16.0 Å². The molecule has 3 N–H and O–H groups in total. The minimum atomic E-state index is -0.720. The molecule has 2 aromatic rings. The standard InChI is InChI=1S/C19H23F2N3O/c20-16-12-17(21)14-18(13-16)23-19(25)7-10-24(11-8-22)9-6-15-4-2-1-3-5-15/h1-5,12-14H,6-11,22H2,(H,23,25). The van der Waals surface area contributed by atoms with E-state index in [9.17, 15) is 13.6 Å². The summed E-state index contributed by atoms with van der Waals surface area (Å²) in [6.45, 7) is 2.52. The molecule has 1 amide bonds. The minimum absolute atomic E-state index is 0.122. The quantitative estimate of drug-likeness (QED) is 0.733. The van der Waals surface area contributed by atoms with Crippen molar-refractivity contribution in [3.05, 3.63) is 65.7 Å². The molecule has 0 spiro atoms. The van der Waals surface area contributed by atoms with Gasteiger partial charge in [0.05, 0.1) is 0 Å². The molecule has 25 heavy (non-hydrogen) atoms. The molecule has 0 unspecified atom stereocenters. The van der Waals surface area contributed by atoms with Crippen molar-refractivity contribution in [3.8, 4) is 0 Å². The average Bonchev–Trinajstić information content (AvgIpc) is 2.57. The number of carbonyl (C=O) groups is 1. The average molecular weight is 347 g/mol. The third-order valence-electron chi connectivity index (χ3n) is 3.81. The number of amides is 1. The van der Waals surface area contributed by atoms with Gasteiger partial charge in [-0.3, -0.25) is 4.79 Å². The zero-order chi connectivity index (χ0) is 18.1. The monoisotopic (exact) mass is 347 g/mol. The number of hydrogen-bond donors (Lipinski definition) is 2. The van der Waals surface area contributed by atoms with Gasteiger partial charge in [-0.05, 0) is 24.1 Å².